The predicted octanol–water partition coefficient (Wildman–Crippen LogP) is 3.38. The van der Waals surface area contributed by atoms with Gasteiger partial charge in [-0.3, -0.25) is 4.79 Å². The van der Waals surface area contributed by atoms with Crippen LogP contribution in [-0.4, -0.2) is 35.6 Å². The van der Waals surface area contributed by atoms with Gasteiger partial charge in [0.15, 0.2) is 0 Å². The second kappa shape index (κ2) is 9.59. The van der Waals surface area contributed by atoms with Crippen LogP contribution in [0.5, 0.6) is 0 Å². The van der Waals surface area contributed by atoms with Gasteiger partial charge < -0.3 is 10.0 Å². The molecule has 1 aromatic rings. The molecule has 0 saturated carbocycles. The van der Waals surface area contributed by atoms with Crippen LogP contribution >= 0.6 is 11.3 Å². The van der Waals surface area contributed by atoms with E-state index in [4.69, 9.17) is 5.11 Å². The molecular formula is C17H25NO2S. The van der Waals surface area contributed by atoms with Gasteiger partial charge in [-0.05, 0) is 25.0 Å². The van der Waals surface area contributed by atoms with E-state index in [0.29, 0.717) is 12.3 Å². The molecule has 1 aromatic heterocycles. The summed E-state index contributed by atoms with van der Waals surface area (Å²) < 4.78 is 0. The summed E-state index contributed by atoms with van der Waals surface area (Å²) in [6.45, 7) is 8.00. The van der Waals surface area contributed by atoms with Crippen molar-refractivity contribution >= 4 is 17.2 Å². The average molecular weight is 307 g/mol. The predicted molar refractivity (Wildman–Crippen MR) is 88.5 cm³/mol. The molecule has 0 aliphatic carbocycles. The molecule has 4 heteroatoms. The van der Waals surface area contributed by atoms with Crippen molar-refractivity contribution in [2.75, 3.05) is 19.7 Å². The van der Waals surface area contributed by atoms with Crippen LogP contribution in [0.15, 0.2) is 12.1 Å². The third-order valence-electron chi connectivity index (χ3n) is 3.57. The Balaban J connectivity index is 2.75. The van der Waals surface area contributed by atoms with Crippen LogP contribution in [0, 0.1) is 17.8 Å². The lowest BCUT2D eigenvalue weighted by Crippen LogP contribution is -2.34. The fourth-order valence-electron chi connectivity index (χ4n) is 2.10. The number of carbonyl (C=O) groups is 1. The number of hydrogen-bond donors (Lipinski definition) is 1. The summed E-state index contributed by atoms with van der Waals surface area (Å²) in [6, 6.07) is 3.73. The van der Waals surface area contributed by atoms with Gasteiger partial charge in [0.1, 0.15) is 0 Å². The van der Waals surface area contributed by atoms with Gasteiger partial charge in [0.05, 0.1) is 16.4 Å². The lowest BCUT2D eigenvalue weighted by atomic mass is 10.0. The molecule has 0 radical (unpaired) electrons. The number of nitrogens with zero attached hydrogens (tertiary/aromatic N) is 1. The van der Waals surface area contributed by atoms with E-state index < -0.39 is 0 Å². The number of amides is 1. The van der Waals surface area contributed by atoms with Crippen LogP contribution in [0.2, 0.25) is 0 Å². The SMILES string of the molecule is CCC(CC)CN(CC)C(=O)c1ccc(C#CCCO)s1. The Morgan fingerprint density at radius 1 is 1.33 bits per heavy atom. The average Bonchev–Trinajstić information content (AvgIpc) is 2.97. The van der Waals surface area contributed by atoms with Crippen molar-refractivity contribution in [2.24, 2.45) is 5.92 Å². The maximum atomic E-state index is 12.5. The molecule has 21 heavy (non-hydrogen) atoms. The van der Waals surface area contributed by atoms with Gasteiger partial charge in [-0.15, -0.1) is 11.3 Å². The minimum atomic E-state index is 0.0726. The summed E-state index contributed by atoms with van der Waals surface area (Å²) in [5.41, 5.74) is 0. The topological polar surface area (TPSA) is 40.5 Å². The largest absolute Gasteiger partial charge is 0.395 e. The monoisotopic (exact) mass is 307 g/mol. The Morgan fingerprint density at radius 2 is 2.05 bits per heavy atom. The minimum Gasteiger partial charge on any atom is -0.395 e. The van der Waals surface area contributed by atoms with Gasteiger partial charge in [-0.25, -0.2) is 0 Å². The Morgan fingerprint density at radius 3 is 2.62 bits per heavy atom. The Kier molecular flexibility index (Phi) is 8.11. The molecule has 0 aliphatic rings. The Hall–Kier alpha value is -1.31. The van der Waals surface area contributed by atoms with E-state index in [2.05, 4.69) is 25.7 Å². The van der Waals surface area contributed by atoms with E-state index in [-0.39, 0.29) is 12.5 Å². The zero-order valence-electron chi connectivity index (χ0n) is 13.2. The summed E-state index contributed by atoms with van der Waals surface area (Å²) in [5.74, 6) is 6.53. The van der Waals surface area contributed by atoms with E-state index in [0.717, 1.165) is 35.7 Å². The zero-order valence-corrected chi connectivity index (χ0v) is 14.0. The molecule has 0 unspecified atom stereocenters. The van der Waals surface area contributed by atoms with Crippen molar-refractivity contribution in [3.63, 3.8) is 0 Å². The van der Waals surface area contributed by atoms with Crippen molar-refractivity contribution in [2.45, 2.75) is 40.0 Å². The number of aliphatic hydroxyl groups excluding tert-OH is 1. The zero-order chi connectivity index (χ0) is 15.7. The highest BCUT2D eigenvalue weighted by molar-refractivity contribution is 7.14. The van der Waals surface area contributed by atoms with Crippen molar-refractivity contribution < 1.29 is 9.90 Å². The maximum absolute atomic E-state index is 12.5. The second-order valence-electron chi connectivity index (χ2n) is 4.97. The second-order valence-corrected chi connectivity index (χ2v) is 6.05. The number of hydrogen-bond acceptors (Lipinski definition) is 3. The van der Waals surface area contributed by atoms with Crippen molar-refractivity contribution in [1.82, 2.24) is 4.90 Å². The smallest absolute Gasteiger partial charge is 0.263 e. The van der Waals surface area contributed by atoms with Crippen LogP contribution < -0.4 is 0 Å². The first-order valence-electron chi connectivity index (χ1n) is 7.64. The van der Waals surface area contributed by atoms with Gasteiger partial charge >= 0.3 is 0 Å². The van der Waals surface area contributed by atoms with Gasteiger partial charge in [-0.1, -0.05) is 38.5 Å². The lowest BCUT2D eigenvalue weighted by Gasteiger charge is -2.24. The first-order chi connectivity index (χ1) is 10.2. The van der Waals surface area contributed by atoms with Crippen LogP contribution in [-0.2, 0) is 0 Å². The van der Waals surface area contributed by atoms with Crippen LogP contribution in [0.4, 0.5) is 0 Å². The first kappa shape index (κ1) is 17.7. The lowest BCUT2D eigenvalue weighted by molar-refractivity contribution is 0.0740. The van der Waals surface area contributed by atoms with Crippen molar-refractivity contribution in [3.8, 4) is 11.8 Å². The number of rotatable bonds is 7. The highest BCUT2D eigenvalue weighted by Gasteiger charge is 2.18. The third-order valence-corrected chi connectivity index (χ3v) is 4.56. The molecule has 1 N–H and O–H groups in total. The summed E-state index contributed by atoms with van der Waals surface area (Å²) in [6.07, 6.45) is 2.67. The molecule has 116 valence electrons. The molecule has 1 heterocycles. The summed E-state index contributed by atoms with van der Waals surface area (Å²) in [5, 5.41) is 8.71. The van der Waals surface area contributed by atoms with Crippen molar-refractivity contribution in [1.29, 1.82) is 0 Å². The Labute approximate surface area is 132 Å². The molecule has 0 spiro atoms. The summed E-state index contributed by atoms with van der Waals surface area (Å²) >= 11 is 1.43. The fraction of sp³-hybridized carbons (Fsp3) is 0.588. The highest BCUT2D eigenvalue weighted by Crippen LogP contribution is 2.19. The van der Waals surface area contributed by atoms with Gasteiger partial charge in [0.2, 0.25) is 0 Å². The first-order valence-corrected chi connectivity index (χ1v) is 8.46. The summed E-state index contributed by atoms with van der Waals surface area (Å²) in [4.78, 5) is 16.1. The minimum absolute atomic E-state index is 0.0726. The number of thiophene rings is 1. The standard InChI is InChI=1S/C17H25NO2S/c1-4-14(5-2)13-18(6-3)17(20)16-11-10-15(21-16)9-7-8-12-19/h10-11,14,19H,4-6,8,12-13H2,1-3H3. The van der Waals surface area contributed by atoms with Crippen LogP contribution in [0.3, 0.4) is 0 Å². The maximum Gasteiger partial charge on any atom is 0.263 e. The number of carbonyl (C=O) groups excluding carboxylic acids is 1. The van der Waals surface area contributed by atoms with E-state index in [1.165, 1.54) is 11.3 Å². The molecule has 0 saturated heterocycles. The molecule has 1 amide bonds. The van der Waals surface area contributed by atoms with Gasteiger partial charge in [-0.2, -0.15) is 0 Å². The fourth-order valence-corrected chi connectivity index (χ4v) is 2.94. The molecule has 1 rings (SSSR count). The Bertz CT molecular complexity index is 494. The highest BCUT2D eigenvalue weighted by atomic mass is 32.1. The molecule has 0 fully saturated rings. The molecule has 0 aromatic carbocycles. The summed E-state index contributed by atoms with van der Waals surface area (Å²) in [7, 11) is 0. The van der Waals surface area contributed by atoms with E-state index in [1.54, 1.807) is 0 Å². The van der Waals surface area contributed by atoms with Gasteiger partial charge in [0, 0.05) is 19.5 Å². The van der Waals surface area contributed by atoms with Crippen LogP contribution in [0.1, 0.15) is 54.6 Å². The van der Waals surface area contributed by atoms with Gasteiger partial charge in [0.25, 0.3) is 5.91 Å². The molecular weight excluding hydrogens is 282 g/mol. The van der Waals surface area contributed by atoms with E-state index in [1.807, 2.05) is 24.0 Å². The molecule has 0 atom stereocenters. The van der Waals surface area contributed by atoms with E-state index in [9.17, 15) is 4.79 Å². The van der Waals surface area contributed by atoms with Crippen molar-refractivity contribution in [3.05, 3.63) is 21.9 Å². The number of aliphatic hydroxyl groups is 1. The third kappa shape index (κ3) is 5.53. The quantitative estimate of drug-likeness (QED) is 0.785. The normalized spacial score (nSPS) is 10.3. The van der Waals surface area contributed by atoms with E-state index >= 15 is 0 Å². The van der Waals surface area contributed by atoms with Crippen LogP contribution in [0.25, 0.3) is 0 Å². The molecule has 0 bridgehead atoms. The molecule has 0 aliphatic heterocycles. The molecule has 3 nitrogen and oxygen atoms in total.